The number of aliphatic hydroxyl groups is 1. The van der Waals surface area contributed by atoms with Gasteiger partial charge in [-0.05, 0) is 26.7 Å². The van der Waals surface area contributed by atoms with Crippen LogP contribution in [0.2, 0.25) is 0 Å². The van der Waals surface area contributed by atoms with Crippen LogP contribution in [0.3, 0.4) is 0 Å². The lowest BCUT2D eigenvalue weighted by molar-refractivity contribution is 0.109. The largest absolute Gasteiger partial charge is 0.394 e. The molecule has 0 atom stereocenters. The maximum Gasteiger partial charge on any atom is 0.0571 e. The monoisotopic (exact) mass is 160 g/mol. The van der Waals surface area contributed by atoms with Crippen molar-refractivity contribution < 1.29 is 9.84 Å². The highest BCUT2D eigenvalue weighted by molar-refractivity contribution is 4.65. The Morgan fingerprint density at radius 3 is 1.82 bits per heavy atom. The highest BCUT2D eigenvalue weighted by atomic mass is 16.5. The zero-order valence-corrected chi connectivity index (χ0v) is 7.84. The number of rotatable bonds is 1. The minimum atomic E-state index is -0.167. The van der Waals surface area contributed by atoms with Gasteiger partial charge in [0.05, 0.1) is 6.10 Å². The Morgan fingerprint density at radius 2 is 1.64 bits per heavy atom. The topological polar surface area (TPSA) is 29.5 Å². The average Bonchev–Trinajstić information content (AvgIpc) is 2.36. The van der Waals surface area contributed by atoms with E-state index >= 15 is 0 Å². The molecule has 0 aromatic rings. The normalized spacial score (nSPS) is 18.3. The van der Waals surface area contributed by atoms with Crippen LogP contribution >= 0.6 is 0 Å². The molecule has 0 amide bonds. The Labute approximate surface area is 69.6 Å². The molecule has 1 aliphatic rings. The minimum Gasteiger partial charge on any atom is -0.394 e. The van der Waals surface area contributed by atoms with Gasteiger partial charge in [-0.15, -0.1) is 0 Å². The molecular formula is C9H20O2. The number of methoxy groups -OCH3 is 1. The van der Waals surface area contributed by atoms with E-state index < -0.39 is 0 Å². The van der Waals surface area contributed by atoms with Crippen LogP contribution in [0.1, 0.15) is 39.5 Å². The lowest BCUT2D eigenvalue weighted by Crippen LogP contribution is -2.01. The van der Waals surface area contributed by atoms with Gasteiger partial charge in [-0.3, -0.25) is 0 Å². The fourth-order valence-corrected chi connectivity index (χ4v) is 1.12. The Balaban J connectivity index is 0.000000218. The van der Waals surface area contributed by atoms with Crippen molar-refractivity contribution in [1.82, 2.24) is 0 Å². The average molecular weight is 160 g/mol. The summed E-state index contributed by atoms with van der Waals surface area (Å²) in [5.41, 5.74) is 0. The second-order valence-corrected chi connectivity index (χ2v) is 3.24. The van der Waals surface area contributed by atoms with E-state index in [0.717, 1.165) is 0 Å². The molecule has 1 N–H and O–H groups in total. The molecule has 0 spiro atoms. The highest BCUT2D eigenvalue weighted by Gasteiger charge is 2.12. The standard InChI is InChI=1S/C6H12O.C3H8O/c1-7-6-4-2-3-5-6;1-3(2)4/h6H,2-5H2,1H3;3-4H,1-2H3. The van der Waals surface area contributed by atoms with E-state index in [4.69, 9.17) is 9.84 Å². The summed E-state index contributed by atoms with van der Waals surface area (Å²) in [7, 11) is 1.80. The summed E-state index contributed by atoms with van der Waals surface area (Å²) in [6.45, 7) is 3.44. The van der Waals surface area contributed by atoms with E-state index in [1.165, 1.54) is 25.7 Å². The van der Waals surface area contributed by atoms with Crippen molar-refractivity contribution >= 4 is 0 Å². The van der Waals surface area contributed by atoms with Crippen LogP contribution in [0.15, 0.2) is 0 Å². The van der Waals surface area contributed by atoms with Gasteiger partial charge in [-0.25, -0.2) is 0 Å². The van der Waals surface area contributed by atoms with Gasteiger partial charge in [0, 0.05) is 13.2 Å². The van der Waals surface area contributed by atoms with Crippen molar-refractivity contribution in [2.75, 3.05) is 7.11 Å². The molecule has 0 saturated heterocycles. The molecule has 2 nitrogen and oxygen atoms in total. The maximum absolute atomic E-state index is 8.06. The van der Waals surface area contributed by atoms with Crippen molar-refractivity contribution in [3.63, 3.8) is 0 Å². The lowest BCUT2D eigenvalue weighted by Gasteiger charge is -2.02. The van der Waals surface area contributed by atoms with Crippen molar-refractivity contribution in [2.45, 2.75) is 51.7 Å². The second kappa shape index (κ2) is 6.62. The quantitative estimate of drug-likeness (QED) is 0.635. The molecule has 0 unspecified atom stereocenters. The first-order valence-corrected chi connectivity index (χ1v) is 4.37. The van der Waals surface area contributed by atoms with E-state index in [2.05, 4.69) is 0 Å². The summed E-state index contributed by atoms with van der Waals surface area (Å²) in [4.78, 5) is 0. The van der Waals surface area contributed by atoms with Crippen LogP contribution in [0.25, 0.3) is 0 Å². The molecule has 0 aliphatic heterocycles. The van der Waals surface area contributed by atoms with Gasteiger partial charge < -0.3 is 9.84 Å². The van der Waals surface area contributed by atoms with Gasteiger partial charge in [-0.2, -0.15) is 0 Å². The predicted molar refractivity (Wildman–Crippen MR) is 46.6 cm³/mol. The summed E-state index contributed by atoms with van der Waals surface area (Å²) in [6.07, 6.45) is 5.75. The summed E-state index contributed by atoms with van der Waals surface area (Å²) in [5, 5.41) is 8.06. The highest BCUT2D eigenvalue weighted by Crippen LogP contribution is 2.19. The summed E-state index contributed by atoms with van der Waals surface area (Å²) in [5.74, 6) is 0. The Morgan fingerprint density at radius 1 is 1.27 bits per heavy atom. The van der Waals surface area contributed by atoms with Crippen molar-refractivity contribution in [1.29, 1.82) is 0 Å². The fraction of sp³-hybridized carbons (Fsp3) is 1.00. The number of ether oxygens (including phenoxy) is 1. The maximum atomic E-state index is 8.06. The first-order valence-electron chi connectivity index (χ1n) is 4.37. The summed E-state index contributed by atoms with van der Waals surface area (Å²) in [6, 6.07) is 0. The molecule has 1 rings (SSSR count). The Kier molecular flexibility index (Phi) is 6.57. The van der Waals surface area contributed by atoms with E-state index in [-0.39, 0.29) is 6.10 Å². The third-order valence-electron chi connectivity index (χ3n) is 1.64. The van der Waals surface area contributed by atoms with Gasteiger partial charge in [0.15, 0.2) is 0 Å². The number of hydrogen-bond donors (Lipinski definition) is 1. The first kappa shape index (κ1) is 10.9. The number of aliphatic hydroxyl groups excluding tert-OH is 1. The molecule has 0 aromatic carbocycles. The van der Waals surface area contributed by atoms with Crippen molar-refractivity contribution in [2.24, 2.45) is 0 Å². The van der Waals surface area contributed by atoms with Crippen LogP contribution in [0, 0.1) is 0 Å². The molecule has 11 heavy (non-hydrogen) atoms. The molecule has 68 valence electrons. The molecule has 0 bridgehead atoms. The molecular weight excluding hydrogens is 140 g/mol. The van der Waals surface area contributed by atoms with Crippen LogP contribution in [0.4, 0.5) is 0 Å². The SMILES string of the molecule is CC(C)O.COC1CCCC1. The fourth-order valence-electron chi connectivity index (χ4n) is 1.12. The van der Waals surface area contributed by atoms with E-state index in [9.17, 15) is 0 Å². The second-order valence-electron chi connectivity index (χ2n) is 3.24. The van der Waals surface area contributed by atoms with E-state index in [1.54, 1.807) is 21.0 Å². The van der Waals surface area contributed by atoms with E-state index in [0.29, 0.717) is 6.10 Å². The lowest BCUT2D eigenvalue weighted by atomic mass is 10.3. The van der Waals surface area contributed by atoms with Gasteiger partial charge in [0.2, 0.25) is 0 Å². The molecule has 2 heteroatoms. The molecule has 1 saturated carbocycles. The molecule has 0 heterocycles. The van der Waals surface area contributed by atoms with Crippen LogP contribution in [0.5, 0.6) is 0 Å². The third kappa shape index (κ3) is 7.82. The van der Waals surface area contributed by atoms with Gasteiger partial charge >= 0.3 is 0 Å². The molecule has 0 aromatic heterocycles. The molecule has 1 aliphatic carbocycles. The van der Waals surface area contributed by atoms with Crippen molar-refractivity contribution in [3.05, 3.63) is 0 Å². The first-order chi connectivity index (χ1) is 5.16. The minimum absolute atomic E-state index is 0.167. The predicted octanol–water partition coefficient (Wildman–Crippen LogP) is 1.96. The van der Waals surface area contributed by atoms with Gasteiger partial charge in [0.1, 0.15) is 0 Å². The van der Waals surface area contributed by atoms with Gasteiger partial charge in [0.25, 0.3) is 0 Å². The van der Waals surface area contributed by atoms with Gasteiger partial charge in [-0.1, -0.05) is 12.8 Å². The molecule has 0 radical (unpaired) electrons. The summed E-state index contributed by atoms with van der Waals surface area (Å²) < 4.78 is 5.11. The zero-order valence-electron chi connectivity index (χ0n) is 7.84. The number of hydrogen-bond acceptors (Lipinski definition) is 2. The smallest absolute Gasteiger partial charge is 0.0571 e. The summed E-state index contributed by atoms with van der Waals surface area (Å²) >= 11 is 0. The van der Waals surface area contributed by atoms with Crippen LogP contribution in [-0.4, -0.2) is 24.4 Å². The zero-order chi connectivity index (χ0) is 8.69. The van der Waals surface area contributed by atoms with Crippen LogP contribution in [-0.2, 0) is 4.74 Å². The Hall–Kier alpha value is -0.0800. The van der Waals surface area contributed by atoms with E-state index in [1.807, 2.05) is 0 Å². The third-order valence-corrected chi connectivity index (χ3v) is 1.64. The molecule has 1 fully saturated rings. The van der Waals surface area contributed by atoms with Crippen LogP contribution < -0.4 is 0 Å². The Bertz CT molecular complexity index is 72.9. The van der Waals surface area contributed by atoms with Crippen molar-refractivity contribution in [3.8, 4) is 0 Å².